The van der Waals surface area contributed by atoms with Crippen molar-refractivity contribution in [2.75, 3.05) is 24.2 Å². The maximum Gasteiger partial charge on any atom is 0.144 e. The molecular formula is C14H22N2O2. The van der Waals surface area contributed by atoms with Gasteiger partial charge in [0.25, 0.3) is 0 Å². The Balaban J connectivity index is 1.95. The number of ether oxygens (including phenoxy) is 1. The molecule has 4 N–H and O–H groups in total. The number of nitrogens with two attached hydrogens (primary N) is 1. The van der Waals surface area contributed by atoms with Crippen LogP contribution >= 0.6 is 0 Å². The monoisotopic (exact) mass is 250 g/mol. The van der Waals surface area contributed by atoms with E-state index in [1.165, 1.54) is 0 Å². The predicted octanol–water partition coefficient (Wildman–Crippen LogP) is 2.38. The molecule has 1 aliphatic rings. The van der Waals surface area contributed by atoms with Crippen LogP contribution in [0.25, 0.3) is 0 Å². The van der Waals surface area contributed by atoms with Gasteiger partial charge in [0.15, 0.2) is 0 Å². The molecular weight excluding hydrogens is 228 g/mol. The lowest BCUT2D eigenvalue weighted by Crippen LogP contribution is -2.43. The minimum Gasteiger partial charge on any atom is -0.491 e. The summed E-state index contributed by atoms with van der Waals surface area (Å²) in [6, 6.07) is 5.64. The highest BCUT2D eigenvalue weighted by Crippen LogP contribution is 2.32. The Hall–Kier alpha value is -1.42. The van der Waals surface area contributed by atoms with Gasteiger partial charge in [-0.05, 0) is 37.8 Å². The summed E-state index contributed by atoms with van der Waals surface area (Å²) in [5.74, 6) is 0.711. The van der Waals surface area contributed by atoms with Crippen LogP contribution in [0, 0.1) is 0 Å². The predicted molar refractivity (Wildman–Crippen MR) is 73.9 cm³/mol. The van der Waals surface area contributed by atoms with Crippen LogP contribution < -0.4 is 15.8 Å². The third kappa shape index (κ3) is 3.07. The zero-order valence-electron chi connectivity index (χ0n) is 10.9. The SMILES string of the molecule is CCCOc1cc(NCC2(O)CCC2)ccc1N. The molecule has 0 heterocycles. The molecule has 0 atom stereocenters. The van der Waals surface area contributed by atoms with Gasteiger partial charge in [0.1, 0.15) is 5.75 Å². The molecule has 0 saturated heterocycles. The van der Waals surface area contributed by atoms with Crippen LogP contribution in [0.4, 0.5) is 11.4 Å². The van der Waals surface area contributed by atoms with Crippen molar-refractivity contribution in [1.29, 1.82) is 0 Å². The first kappa shape index (κ1) is 13.0. The molecule has 2 rings (SSSR count). The molecule has 0 amide bonds. The fourth-order valence-electron chi connectivity index (χ4n) is 2.01. The van der Waals surface area contributed by atoms with E-state index in [4.69, 9.17) is 10.5 Å². The van der Waals surface area contributed by atoms with Gasteiger partial charge in [-0.1, -0.05) is 6.92 Å². The van der Waals surface area contributed by atoms with Gasteiger partial charge in [0, 0.05) is 18.3 Å². The van der Waals surface area contributed by atoms with E-state index in [1.54, 1.807) is 0 Å². The molecule has 4 heteroatoms. The largest absolute Gasteiger partial charge is 0.491 e. The van der Waals surface area contributed by atoms with Crippen molar-refractivity contribution >= 4 is 11.4 Å². The molecule has 1 saturated carbocycles. The van der Waals surface area contributed by atoms with Gasteiger partial charge in [0.2, 0.25) is 0 Å². The van der Waals surface area contributed by atoms with Crippen LogP contribution in [0.2, 0.25) is 0 Å². The first-order valence-corrected chi connectivity index (χ1v) is 6.61. The molecule has 1 aromatic carbocycles. The molecule has 4 nitrogen and oxygen atoms in total. The second-order valence-corrected chi connectivity index (χ2v) is 5.03. The minimum absolute atomic E-state index is 0.522. The normalized spacial score (nSPS) is 17.0. The van der Waals surface area contributed by atoms with Crippen molar-refractivity contribution in [3.8, 4) is 5.75 Å². The zero-order valence-corrected chi connectivity index (χ0v) is 10.9. The van der Waals surface area contributed by atoms with Gasteiger partial charge in [-0.3, -0.25) is 0 Å². The van der Waals surface area contributed by atoms with Crippen LogP contribution in [0.1, 0.15) is 32.6 Å². The average molecular weight is 250 g/mol. The quantitative estimate of drug-likeness (QED) is 0.678. The molecule has 100 valence electrons. The third-order valence-corrected chi connectivity index (χ3v) is 3.38. The van der Waals surface area contributed by atoms with Gasteiger partial charge < -0.3 is 20.9 Å². The van der Waals surface area contributed by atoms with Crippen LogP contribution in [0.3, 0.4) is 0 Å². The van der Waals surface area contributed by atoms with Gasteiger partial charge in [-0.25, -0.2) is 0 Å². The van der Waals surface area contributed by atoms with Crippen molar-refractivity contribution in [1.82, 2.24) is 0 Å². The highest BCUT2D eigenvalue weighted by Gasteiger charge is 2.33. The Morgan fingerprint density at radius 3 is 2.83 bits per heavy atom. The number of nitrogens with one attached hydrogen (secondary N) is 1. The highest BCUT2D eigenvalue weighted by atomic mass is 16.5. The second-order valence-electron chi connectivity index (χ2n) is 5.03. The molecule has 18 heavy (non-hydrogen) atoms. The standard InChI is InChI=1S/C14H22N2O2/c1-2-8-18-13-9-11(4-5-12(13)15)16-10-14(17)6-3-7-14/h4-5,9,16-17H,2-3,6-8,10,15H2,1H3. The number of anilines is 2. The maximum absolute atomic E-state index is 10.0. The number of aliphatic hydroxyl groups is 1. The Bertz CT molecular complexity index is 403. The van der Waals surface area contributed by atoms with E-state index in [1.807, 2.05) is 18.2 Å². The van der Waals surface area contributed by atoms with Crippen LogP contribution in [0.15, 0.2) is 18.2 Å². The van der Waals surface area contributed by atoms with E-state index in [0.717, 1.165) is 31.4 Å². The molecule has 0 spiro atoms. The fraction of sp³-hybridized carbons (Fsp3) is 0.571. The number of hydrogen-bond acceptors (Lipinski definition) is 4. The van der Waals surface area contributed by atoms with Crippen LogP contribution in [-0.2, 0) is 0 Å². The van der Waals surface area contributed by atoms with E-state index in [9.17, 15) is 5.11 Å². The van der Waals surface area contributed by atoms with Crippen LogP contribution in [0.5, 0.6) is 5.75 Å². The lowest BCUT2D eigenvalue weighted by atomic mass is 9.80. The van der Waals surface area contributed by atoms with Crippen molar-refractivity contribution in [3.05, 3.63) is 18.2 Å². The van der Waals surface area contributed by atoms with Crippen molar-refractivity contribution < 1.29 is 9.84 Å². The topological polar surface area (TPSA) is 67.5 Å². The molecule has 1 aromatic rings. The third-order valence-electron chi connectivity index (χ3n) is 3.38. The number of hydrogen-bond donors (Lipinski definition) is 3. The smallest absolute Gasteiger partial charge is 0.144 e. The maximum atomic E-state index is 10.0. The van der Waals surface area contributed by atoms with Crippen LogP contribution in [-0.4, -0.2) is 23.9 Å². The Morgan fingerprint density at radius 1 is 1.44 bits per heavy atom. The van der Waals surface area contributed by atoms with Gasteiger partial charge in [-0.15, -0.1) is 0 Å². The average Bonchev–Trinajstić information content (AvgIpc) is 2.34. The molecule has 1 fully saturated rings. The summed E-state index contributed by atoms with van der Waals surface area (Å²) >= 11 is 0. The molecule has 1 aliphatic carbocycles. The molecule has 0 radical (unpaired) electrons. The summed E-state index contributed by atoms with van der Waals surface area (Å²) in [6.45, 7) is 3.31. The second kappa shape index (κ2) is 5.48. The molecule has 0 bridgehead atoms. The summed E-state index contributed by atoms with van der Waals surface area (Å²) in [4.78, 5) is 0. The summed E-state index contributed by atoms with van der Waals surface area (Å²) in [6.07, 6.45) is 3.84. The molecule has 0 aliphatic heterocycles. The lowest BCUT2D eigenvalue weighted by molar-refractivity contribution is -0.0202. The Morgan fingerprint density at radius 2 is 2.22 bits per heavy atom. The van der Waals surface area contributed by atoms with E-state index >= 15 is 0 Å². The summed E-state index contributed by atoms with van der Waals surface area (Å²) in [5.41, 5.74) is 6.92. The first-order valence-electron chi connectivity index (χ1n) is 6.61. The van der Waals surface area contributed by atoms with Crippen molar-refractivity contribution in [2.24, 2.45) is 0 Å². The summed E-state index contributed by atoms with van der Waals surface area (Å²) < 4.78 is 5.57. The van der Waals surface area contributed by atoms with E-state index in [-0.39, 0.29) is 0 Å². The Labute approximate surface area is 108 Å². The van der Waals surface area contributed by atoms with Crippen molar-refractivity contribution in [2.45, 2.75) is 38.2 Å². The van der Waals surface area contributed by atoms with Gasteiger partial charge in [-0.2, -0.15) is 0 Å². The summed E-state index contributed by atoms with van der Waals surface area (Å²) in [7, 11) is 0. The van der Waals surface area contributed by atoms with Gasteiger partial charge in [0.05, 0.1) is 17.9 Å². The minimum atomic E-state index is -0.522. The van der Waals surface area contributed by atoms with E-state index in [0.29, 0.717) is 24.6 Å². The summed E-state index contributed by atoms with van der Waals surface area (Å²) in [5, 5.41) is 13.3. The highest BCUT2D eigenvalue weighted by molar-refractivity contribution is 5.61. The number of rotatable bonds is 6. The number of benzene rings is 1. The van der Waals surface area contributed by atoms with E-state index in [2.05, 4.69) is 12.2 Å². The van der Waals surface area contributed by atoms with E-state index < -0.39 is 5.60 Å². The van der Waals surface area contributed by atoms with Gasteiger partial charge >= 0.3 is 0 Å². The fourth-order valence-corrected chi connectivity index (χ4v) is 2.01. The van der Waals surface area contributed by atoms with Crippen molar-refractivity contribution in [3.63, 3.8) is 0 Å². The number of nitrogen functional groups attached to an aromatic ring is 1. The Kier molecular flexibility index (Phi) is 3.97. The lowest BCUT2D eigenvalue weighted by Gasteiger charge is -2.36. The molecule has 0 aromatic heterocycles. The first-order chi connectivity index (χ1) is 8.63. The molecule has 0 unspecified atom stereocenters. The zero-order chi connectivity index (χ0) is 13.0.